The Morgan fingerprint density at radius 3 is 1.85 bits per heavy atom. The molecule has 0 aliphatic heterocycles. The number of ether oxygens (including phenoxy) is 2. The average Bonchev–Trinajstić information content (AvgIpc) is 2.41. The molecule has 0 fully saturated rings. The predicted molar refractivity (Wildman–Crippen MR) is 104 cm³/mol. The second kappa shape index (κ2) is 10.8. The maximum Gasteiger partial charge on any atom is 0.408 e. The van der Waals surface area contributed by atoms with Crippen LogP contribution in [0.15, 0.2) is 11.9 Å². The van der Waals surface area contributed by atoms with Crippen LogP contribution < -0.4 is 5.32 Å². The molecule has 0 rings (SSSR count). The molecular weight excluding hydrogens is 373 g/mol. The molecule has 0 unspecified atom stereocenters. The monoisotopic (exact) mass is 407 g/mol. The zero-order valence-electron chi connectivity index (χ0n) is 17.7. The van der Waals surface area contributed by atoms with Gasteiger partial charge in [0.2, 0.25) is 0 Å². The largest absolute Gasteiger partial charge is 0.460 e. The minimum absolute atomic E-state index is 0.161. The van der Waals surface area contributed by atoms with Crippen LogP contribution >= 0.6 is 7.60 Å². The van der Waals surface area contributed by atoms with Crippen molar-refractivity contribution in [3.05, 3.63) is 11.9 Å². The molecule has 0 aromatic rings. The second-order valence-corrected chi connectivity index (χ2v) is 9.65. The Morgan fingerprint density at radius 2 is 1.44 bits per heavy atom. The molecule has 0 radical (unpaired) electrons. The highest BCUT2D eigenvalue weighted by Gasteiger charge is 2.25. The normalized spacial score (nSPS) is 14.1. The van der Waals surface area contributed by atoms with E-state index in [1.54, 1.807) is 55.4 Å². The lowest BCUT2D eigenvalue weighted by atomic mass is 10.1. The van der Waals surface area contributed by atoms with Crippen molar-refractivity contribution < 1.29 is 32.7 Å². The molecule has 1 N–H and O–H groups in total. The highest BCUT2D eigenvalue weighted by Crippen LogP contribution is 2.49. The fraction of sp³-hybridized carbons (Fsp3) is 0.778. The van der Waals surface area contributed by atoms with Gasteiger partial charge in [-0.1, -0.05) is 6.08 Å². The highest BCUT2D eigenvalue weighted by molar-refractivity contribution is 7.57. The van der Waals surface area contributed by atoms with E-state index in [9.17, 15) is 14.2 Å². The van der Waals surface area contributed by atoms with Crippen molar-refractivity contribution in [2.45, 2.75) is 79.1 Å². The molecule has 0 saturated heterocycles. The standard InChI is InChI=1S/C18H34NO7P/c1-9-23-27(22,24-10-2)12-11-14(13-15(20)25-17(3,4)5)19-16(21)26-18(6,7)8/h11-12,14H,9-10,13H2,1-8H3,(H,19,21)/b12-11+/t14-/m1/s1. The van der Waals surface area contributed by atoms with Gasteiger partial charge in [0.1, 0.15) is 11.2 Å². The number of nitrogens with one attached hydrogen (secondary N) is 1. The Morgan fingerprint density at radius 1 is 0.963 bits per heavy atom. The fourth-order valence-electron chi connectivity index (χ4n) is 1.88. The predicted octanol–water partition coefficient (Wildman–Crippen LogP) is 4.39. The summed E-state index contributed by atoms with van der Waals surface area (Å²) in [5.74, 6) is 0.725. The molecule has 0 bridgehead atoms. The van der Waals surface area contributed by atoms with E-state index in [2.05, 4.69) is 5.32 Å². The number of esters is 1. The lowest BCUT2D eigenvalue weighted by molar-refractivity contribution is -0.155. The third kappa shape index (κ3) is 13.4. The lowest BCUT2D eigenvalue weighted by Gasteiger charge is -2.24. The zero-order valence-corrected chi connectivity index (χ0v) is 18.6. The first-order chi connectivity index (χ1) is 12.2. The van der Waals surface area contributed by atoms with E-state index in [1.807, 2.05) is 0 Å². The first-order valence-electron chi connectivity index (χ1n) is 8.99. The third-order valence-corrected chi connectivity index (χ3v) is 4.40. The maximum absolute atomic E-state index is 12.6. The van der Waals surface area contributed by atoms with Crippen molar-refractivity contribution in [1.82, 2.24) is 5.32 Å². The van der Waals surface area contributed by atoms with Crippen molar-refractivity contribution >= 4 is 19.7 Å². The van der Waals surface area contributed by atoms with Gasteiger partial charge >= 0.3 is 19.7 Å². The van der Waals surface area contributed by atoms with Gasteiger partial charge in [-0.25, -0.2) is 4.79 Å². The first-order valence-corrected chi connectivity index (χ1v) is 10.6. The molecule has 0 aliphatic carbocycles. The summed E-state index contributed by atoms with van der Waals surface area (Å²) in [7, 11) is -3.47. The van der Waals surface area contributed by atoms with Crippen LogP contribution in [0.4, 0.5) is 4.79 Å². The summed E-state index contributed by atoms with van der Waals surface area (Å²) in [4.78, 5) is 24.2. The van der Waals surface area contributed by atoms with Gasteiger partial charge in [0.25, 0.3) is 0 Å². The summed E-state index contributed by atoms with van der Waals surface area (Å²) in [6.45, 7) is 14.2. The van der Waals surface area contributed by atoms with Crippen LogP contribution in [0.25, 0.3) is 0 Å². The van der Waals surface area contributed by atoms with E-state index in [4.69, 9.17) is 18.5 Å². The SMILES string of the molecule is CCOP(=O)(/C=C/[C@H](CC(=O)OC(C)(C)C)NC(=O)OC(C)(C)C)OCC. The molecule has 0 aromatic carbocycles. The third-order valence-electron chi connectivity index (χ3n) is 2.63. The van der Waals surface area contributed by atoms with Crippen molar-refractivity contribution in [3.8, 4) is 0 Å². The summed E-state index contributed by atoms with van der Waals surface area (Å²) < 4.78 is 33.4. The summed E-state index contributed by atoms with van der Waals surface area (Å²) in [5, 5.41) is 2.57. The molecule has 0 aromatic heterocycles. The number of carbonyl (C=O) groups excluding carboxylic acids is 2. The van der Waals surface area contributed by atoms with Gasteiger partial charge in [-0.05, 0) is 55.4 Å². The molecular formula is C18H34NO7P. The van der Waals surface area contributed by atoms with Gasteiger partial charge in [-0.3, -0.25) is 9.36 Å². The minimum Gasteiger partial charge on any atom is -0.460 e. The van der Waals surface area contributed by atoms with Crippen molar-refractivity contribution in [1.29, 1.82) is 0 Å². The summed E-state index contributed by atoms with van der Waals surface area (Å²) >= 11 is 0. The number of carbonyl (C=O) groups is 2. The molecule has 0 saturated carbocycles. The van der Waals surface area contributed by atoms with E-state index < -0.39 is 36.9 Å². The Bertz CT molecular complexity index is 521. The van der Waals surface area contributed by atoms with Crippen molar-refractivity contribution in [2.24, 2.45) is 0 Å². The topological polar surface area (TPSA) is 100 Å². The van der Waals surface area contributed by atoms with E-state index in [1.165, 1.54) is 11.9 Å². The molecule has 0 aliphatic rings. The van der Waals surface area contributed by atoms with Gasteiger partial charge < -0.3 is 23.8 Å². The van der Waals surface area contributed by atoms with Crippen LogP contribution in [0.5, 0.6) is 0 Å². The second-order valence-electron chi connectivity index (χ2n) is 7.76. The maximum atomic E-state index is 12.6. The summed E-state index contributed by atoms with van der Waals surface area (Å²) in [6.07, 6.45) is 0.536. The Kier molecular flexibility index (Phi) is 10.3. The van der Waals surface area contributed by atoms with Crippen molar-refractivity contribution in [3.63, 3.8) is 0 Å². The molecule has 0 spiro atoms. The molecule has 8 nitrogen and oxygen atoms in total. The molecule has 1 atom stereocenters. The number of hydrogen-bond donors (Lipinski definition) is 1. The first kappa shape index (κ1) is 25.6. The number of amides is 1. The van der Waals surface area contributed by atoms with E-state index in [0.717, 1.165) is 0 Å². The van der Waals surface area contributed by atoms with Crippen LogP contribution in [-0.4, -0.2) is 42.5 Å². The van der Waals surface area contributed by atoms with E-state index in [0.29, 0.717) is 0 Å². The molecule has 9 heteroatoms. The Balaban J connectivity index is 5.32. The molecule has 158 valence electrons. The van der Waals surface area contributed by atoms with Crippen molar-refractivity contribution in [2.75, 3.05) is 13.2 Å². The Labute approximate surface area is 162 Å². The van der Waals surface area contributed by atoms with Gasteiger partial charge in [0.15, 0.2) is 0 Å². The molecule has 0 heterocycles. The smallest absolute Gasteiger partial charge is 0.408 e. The fourth-order valence-corrected chi connectivity index (χ4v) is 3.27. The van der Waals surface area contributed by atoms with Crippen LogP contribution in [0.1, 0.15) is 61.8 Å². The number of hydrogen-bond acceptors (Lipinski definition) is 7. The summed E-state index contributed by atoms with van der Waals surface area (Å²) in [6, 6.07) is -0.802. The van der Waals surface area contributed by atoms with Gasteiger partial charge in [-0.15, -0.1) is 0 Å². The highest BCUT2D eigenvalue weighted by atomic mass is 31.2. The van der Waals surface area contributed by atoms with Crippen LogP contribution in [0.2, 0.25) is 0 Å². The van der Waals surface area contributed by atoms with E-state index >= 15 is 0 Å². The molecule has 1 amide bonds. The van der Waals surface area contributed by atoms with Crippen LogP contribution in [-0.2, 0) is 27.9 Å². The zero-order chi connectivity index (χ0) is 21.3. The van der Waals surface area contributed by atoms with Crippen LogP contribution in [0.3, 0.4) is 0 Å². The van der Waals surface area contributed by atoms with Crippen LogP contribution in [0, 0.1) is 0 Å². The Hall–Kier alpha value is -1.37. The van der Waals surface area contributed by atoms with Gasteiger partial charge in [-0.2, -0.15) is 0 Å². The number of alkyl carbamates (subject to hydrolysis) is 1. The number of rotatable bonds is 9. The average molecular weight is 407 g/mol. The summed E-state index contributed by atoms with van der Waals surface area (Å²) in [5.41, 5.74) is -1.36. The lowest BCUT2D eigenvalue weighted by Crippen LogP contribution is -2.40. The quantitative estimate of drug-likeness (QED) is 0.447. The van der Waals surface area contributed by atoms with Gasteiger partial charge in [0.05, 0.1) is 25.7 Å². The van der Waals surface area contributed by atoms with Gasteiger partial charge in [0, 0.05) is 5.82 Å². The molecule has 27 heavy (non-hydrogen) atoms. The minimum atomic E-state index is -3.47. The van der Waals surface area contributed by atoms with E-state index in [-0.39, 0.29) is 19.6 Å².